The van der Waals surface area contributed by atoms with Crippen LogP contribution in [0.2, 0.25) is 0 Å². The van der Waals surface area contributed by atoms with Crippen molar-refractivity contribution in [3.8, 4) is 0 Å². The van der Waals surface area contributed by atoms with E-state index in [0.29, 0.717) is 6.54 Å². The van der Waals surface area contributed by atoms with Gasteiger partial charge in [0.2, 0.25) is 0 Å². The Bertz CT molecular complexity index is 447. The minimum Gasteiger partial charge on any atom is -0.379 e. The second kappa shape index (κ2) is 7.47. The first kappa shape index (κ1) is 15.1. The van der Waals surface area contributed by atoms with Gasteiger partial charge in [-0.25, -0.2) is 8.78 Å². The lowest BCUT2D eigenvalue weighted by Gasteiger charge is -2.26. The summed E-state index contributed by atoms with van der Waals surface area (Å²) in [5.41, 5.74) is -0.226. The monoisotopic (exact) mass is 301 g/mol. The van der Waals surface area contributed by atoms with Crippen molar-refractivity contribution in [2.45, 2.75) is 0 Å². The summed E-state index contributed by atoms with van der Waals surface area (Å²) in [6.45, 7) is 4.69. The lowest BCUT2D eigenvalue weighted by molar-refractivity contribution is 0.0389. The number of para-hydroxylation sites is 1. The van der Waals surface area contributed by atoms with Gasteiger partial charge in [0.15, 0.2) is 5.11 Å². The van der Waals surface area contributed by atoms with E-state index >= 15 is 0 Å². The Balaban J connectivity index is 1.75. The Hall–Kier alpha value is -1.31. The van der Waals surface area contributed by atoms with E-state index in [2.05, 4.69) is 15.5 Å². The fourth-order valence-electron chi connectivity index (χ4n) is 1.93. The minimum atomic E-state index is -0.665. The Morgan fingerprint density at radius 3 is 2.55 bits per heavy atom. The molecule has 4 nitrogen and oxygen atoms in total. The molecule has 0 bridgehead atoms. The standard InChI is InChI=1S/C13H17F2N3OS/c14-10-2-1-3-11(15)12(10)17-13(20)16-4-5-18-6-8-19-9-7-18/h1-3H,4-9H2,(H2,16,17,20). The highest BCUT2D eigenvalue weighted by Crippen LogP contribution is 2.17. The Morgan fingerprint density at radius 1 is 1.25 bits per heavy atom. The van der Waals surface area contributed by atoms with Gasteiger partial charge in [0.25, 0.3) is 0 Å². The highest BCUT2D eigenvalue weighted by atomic mass is 32.1. The van der Waals surface area contributed by atoms with Crippen LogP contribution in [-0.2, 0) is 4.74 Å². The molecule has 1 heterocycles. The van der Waals surface area contributed by atoms with E-state index in [-0.39, 0.29) is 10.8 Å². The van der Waals surface area contributed by atoms with Gasteiger partial charge in [-0.15, -0.1) is 0 Å². The molecule has 2 rings (SSSR count). The van der Waals surface area contributed by atoms with Gasteiger partial charge in [0.05, 0.1) is 13.2 Å². The maximum atomic E-state index is 13.4. The number of ether oxygens (including phenoxy) is 1. The molecule has 0 radical (unpaired) electrons. The number of nitrogens with one attached hydrogen (secondary N) is 2. The van der Waals surface area contributed by atoms with E-state index < -0.39 is 11.6 Å². The third kappa shape index (κ3) is 4.36. The van der Waals surface area contributed by atoms with Gasteiger partial charge in [-0.1, -0.05) is 6.07 Å². The van der Waals surface area contributed by atoms with E-state index in [1.165, 1.54) is 18.2 Å². The molecule has 2 N–H and O–H groups in total. The van der Waals surface area contributed by atoms with E-state index in [0.717, 1.165) is 32.8 Å². The highest BCUT2D eigenvalue weighted by molar-refractivity contribution is 7.80. The van der Waals surface area contributed by atoms with Crippen LogP contribution in [0, 0.1) is 11.6 Å². The molecule has 1 saturated heterocycles. The van der Waals surface area contributed by atoms with Crippen LogP contribution in [0.4, 0.5) is 14.5 Å². The third-order valence-corrected chi connectivity index (χ3v) is 3.26. The fourth-order valence-corrected chi connectivity index (χ4v) is 2.13. The van der Waals surface area contributed by atoms with E-state index in [9.17, 15) is 8.78 Å². The number of hydrogen-bond donors (Lipinski definition) is 2. The molecule has 1 aliphatic heterocycles. The third-order valence-electron chi connectivity index (χ3n) is 3.02. The maximum absolute atomic E-state index is 13.4. The number of benzene rings is 1. The zero-order chi connectivity index (χ0) is 14.4. The number of hydrogen-bond acceptors (Lipinski definition) is 3. The van der Waals surface area contributed by atoms with Gasteiger partial charge in [-0.2, -0.15) is 0 Å². The topological polar surface area (TPSA) is 36.5 Å². The van der Waals surface area contributed by atoms with Crippen LogP contribution in [0.1, 0.15) is 0 Å². The molecular formula is C13H17F2N3OS. The molecule has 0 spiro atoms. The van der Waals surface area contributed by atoms with Gasteiger partial charge >= 0.3 is 0 Å². The van der Waals surface area contributed by atoms with Crippen molar-refractivity contribution in [1.29, 1.82) is 0 Å². The summed E-state index contributed by atoms with van der Waals surface area (Å²) in [5, 5.41) is 5.69. The van der Waals surface area contributed by atoms with Gasteiger partial charge in [-0.3, -0.25) is 4.90 Å². The summed E-state index contributed by atoms with van der Waals surface area (Å²) in [5.74, 6) is -1.33. The van der Waals surface area contributed by atoms with Crippen LogP contribution < -0.4 is 10.6 Å². The molecular weight excluding hydrogens is 284 g/mol. The smallest absolute Gasteiger partial charge is 0.170 e. The first-order valence-corrected chi connectivity index (χ1v) is 6.86. The van der Waals surface area contributed by atoms with Crippen LogP contribution in [0.25, 0.3) is 0 Å². The minimum absolute atomic E-state index is 0.210. The van der Waals surface area contributed by atoms with Gasteiger partial charge in [-0.05, 0) is 24.4 Å². The van der Waals surface area contributed by atoms with Crippen LogP contribution >= 0.6 is 12.2 Å². The molecule has 7 heteroatoms. The summed E-state index contributed by atoms with van der Waals surface area (Å²) in [6, 6.07) is 3.67. The fraction of sp³-hybridized carbons (Fsp3) is 0.462. The molecule has 1 aromatic rings. The van der Waals surface area contributed by atoms with E-state index in [4.69, 9.17) is 17.0 Å². The zero-order valence-electron chi connectivity index (χ0n) is 11.0. The predicted molar refractivity (Wildman–Crippen MR) is 77.8 cm³/mol. The van der Waals surface area contributed by atoms with E-state index in [1.54, 1.807) is 0 Å². The van der Waals surface area contributed by atoms with Crippen molar-refractivity contribution in [2.75, 3.05) is 44.7 Å². The van der Waals surface area contributed by atoms with Crippen LogP contribution in [0.3, 0.4) is 0 Å². The Labute approximate surface area is 122 Å². The normalized spacial score (nSPS) is 15.9. The van der Waals surface area contributed by atoms with E-state index in [1.807, 2.05) is 0 Å². The van der Waals surface area contributed by atoms with Crippen LogP contribution in [-0.4, -0.2) is 49.4 Å². The highest BCUT2D eigenvalue weighted by Gasteiger charge is 2.11. The SMILES string of the molecule is Fc1cccc(F)c1NC(=S)NCCN1CCOCC1. The zero-order valence-corrected chi connectivity index (χ0v) is 11.8. The maximum Gasteiger partial charge on any atom is 0.170 e. The van der Waals surface area contributed by atoms with Crippen molar-refractivity contribution < 1.29 is 13.5 Å². The molecule has 0 aliphatic carbocycles. The second-order valence-electron chi connectivity index (χ2n) is 4.43. The molecule has 0 amide bonds. The molecule has 1 aliphatic rings. The van der Waals surface area contributed by atoms with Crippen molar-refractivity contribution in [1.82, 2.24) is 10.2 Å². The van der Waals surface area contributed by atoms with Gasteiger partial charge in [0, 0.05) is 26.2 Å². The van der Waals surface area contributed by atoms with Gasteiger partial charge in [0.1, 0.15) is 17.3 Å². The summed E-state index contributed by atoms with van der Waals surface area (Å²) in [6.07, 6.45) is 0. The number of rotatable bonds is 4. The lowest BCUT2D eigenvalue weighted by Crippen LogP contribution is -2.42. The Morgan fingerprint density at radius 2 is 1.90 bits per heavy atom. The number of thiocarbonyl (C=S) groups is 1. The van der Waals surface area contributed by atoms with Crippen molar-refractivity contribution >= 4 is 23.0 Å². The molecule has 1 fully saturated rings. The largest absolute Gasteiger partial charge is 0.379 e. The van der Waals surface area contributed by atoms with Gasteiger partial charge < -0.3 is 15.4 Å². The summed E-state index contributed by atoms with van der Waals surface area (Å²) >= 11 is 5.02. The average molecular weight is 301 g/mol. The lowest BCUT2D eigenvalue weighted by atomic mass is 10.3. The molecule has 0 saturated carbocycles. The number of morpholine rings is 1. The first-order valence-electron chi connectivity index (χ1n) is 6.46. The summed E-state index contributed by atoms with van der Waals surface area (Å²) in [7, 11) is 0. The number of nitrogens with zero attached hydrogens (tertiary/aromatic N) is 1. The van der Waals surface area contributed by atoms with Crippen molar-refractivity contribution in [3.05, 3.63) is 29.8 Å². The Kier molecular flexibility index (Phi) is 5.63. The molecule has 0 unspecified atom stereocenters. The molecule has 0 atom stereocenters. The van der Waals surface area contributed by atoms with Crippen molar-refractivity contribution in [2.24, 2.45) is 0 Å². The molecule has 20 heavy (non-hydrogen) atoms. The molecule has 0 aromatic heterocycles. The number of halogens is 2. The quantitative estimate of drug-likeness (QED) is 0.826. The summed E-state index contributed by atoms with van der Waals surface area (Å²) < 4.78 is 32.1. The molecule has 110 valence electrons. The number of anilines is 1. The average Bonchev–Trinajstić information content (AvgIpc) is 2.44. The first-order chi connectivity index (χ1) is 9.66. The molecule has 1 aromatic carbocycles. The summed E-state index contributed by atoms with van der Waals surface area (Å²) in [4.78, 5) is 2.24. The van der Waals surface area contributed by atoms with Crippen molar-refractivity contribution in [3.63, 3.8) is 0 Å². The predicted octanol–water partition coefficient (Wildman–Crippen LogP) is 1.58. The van der Waals surface area contributed by atoms with Crippen LogP contribution in [0.5, 0.6) is 0 Å². The van der Waals surface area contributed by atoms with Crippen LogP contribution in [0.15, 0.2) is 18.2 Å². The second-order valence-corrected chi connectivity index (χ2v) is 4.84.